The number of ether oxygens (including phenoxy) is 1. The third-order valence-corrected chi connectivity index (χ3v) is 9.84. The topological polar surface area (TPSA) is 66.8 Å². The smallest absolute Gasteiger partial charge is 0.336 e. The Labute approximate surface area is 92.3 Å². The summed E-state index contributed by atoms with van der Waals surface area (Å²) >= 11 is 0. The van der Waals surface area contributed by atoms with Gasteiger partial charge in [0.25, 0.3) is 0 Å². The van der Waals surface area contributed by atoms with Crippen LogP contribution in [0.2, 0.25) is 18.1 Å². The van der Waals surface area contributed by atoms with E-state index >= 15 is 0 Å². The fourth-order valence-electron chi connectivity index (χ4n) is 1.31. The Bertz CT molecular complexity index is 244. The minimum atomic E-state index is -2.41. The molecule has 0 aromatic carbocycles. The lowest BCUT2D eigenvalue weighted by Crippen LogP contribution is -2.66. The minimum Gasteiger partial charge on any atom is -0.467 e. The summed E-state index contributed by atoms with van der Waals surface area (Å²) in [6.07, 6.45) is 0. The second-order valence-electron chi connectivity index (χ2n) is 5.38. The highest BCUT2D eigenvalue weighted by Crippen LogP contribution is 2.42. The average molecular weight is 234 g/mol. The predicted octanol–water partition coefficient (Wildman–Crippen LogP) is 0.930. The van der Waals surface area contributed by atoms with E-state index in [1.807, 2.05) is 33.9 Å². The quantitative estimate of drug-likeness (QED) is 0.563. The van der Waals surface area contributed by atoms with Crippen molar-refractivity contribution in [1.82, 2.24) is 0 Å². The highest BCUT2D eigenvalue weighted by atomic mass is 28.3. The summed E-state index contributed by atoms with van der Waals surface area (Å²) in [5.74, 6) is -0.739. The number of esters is 1. The Kier molecular flexibility index (Phi) is 4.12. The normalized spacial score (nSPS) is 17.1. The third-order valence-electron chi connectivity index (χ3n) is 3.66. The Morgan fingerprint density at radius 2 is 1.73 bits per heavy atom. The van der Waals surface area contributed by atoms with E-state index in [1.54, 1.807) is 0 Å². The molecule has 0 fully saturated rings. The van der Waals surface area contributed by atoms with Gasteiger partial charge in [-0.25, -0.2) is 4.79 Å². The maximum atomic E-state index is 11.6. The molecular weight excluding hydrogens is 212 g/mol. The van der Waals surface area contributed by atoms with E-state index in [0.29, 0.717) is 0 Å². The molecule has 0 amide bonds. The minimum absolute atomic E-state index is 0.210. The van der Waals surface area contributed by atoms with E-state index in [0.717, 1.165) is 0 Å². The molecule has 0 radical (unpaired) electrons. The zero-order chi connectivity index (χ0) is 12.5. The van der Waals surface area contributed by atoms with Gasteiger partial charge in [0.1, 0.15) is 8.07 Å². The summed E-state index contributed by atoms with van der Waals surface area (Å²) in [4.78, 5) is 11.6. The van der Waals surface area contributed by atoms with Gasteiger partial charge < -0.3 is 14.9 Å². The molecule has 0 saturated carbocycles. The predicted molar refractivity (Wildman–Crippen MR) is 61.2 cm³/mol. The van der Waals surface area contributed by atoms with Crippen LogP contribution in [0.1, 0.15) is 20.8 Å². The Morgan fingerprint density at radius 1 is 1.33 bits per heavy atom. The van der Waals surface area contributed by atoms with E-state index in [-0.39, 0.29) is 5.04 Å². The molecule has 5 heteroatoms. The van der Waals surface area contributed by atoms with Crippen molar-refractivity contribution in [3.05, 3.63) is 0 Å². The molecule has 0 aliphatic rings. The molecule has 0 saturated heterocycles. The highest BCUT2D eigenvalue weighted by Gasteiger charge is 2.57. The molecule has 0 bridgehead atoms. The van der Waals surface area contributed by atoms with Crippen LogP contribution in [-0.4, -0.2) is 43.2 Å². The van der Waals surface area contributed by atoms with Crippen molar-refractivity contribution >= 4 is 14.0 Å². The summed E-state index contributed by atoms with van der Waals surface area (Å²) in [5, 5.41) is 17.6. The first kappa shape index (κ1) is 14.6. The lowest BCUT2D eigenvalue weighted by molar-refractivity contribution is -0.158. The van der Waals surface area contributed by atoms with Gasteiger partial charge >= 0.3 is 5.97 Å². The molecule has 0 aromatic heterocycles. The van der Waals surface area contributed by atoms with Crippen molar-refractivity contribution in [2.75, 3.05) is 13.7 Å². The fourth-order valence-corrected chi connectivity index (χ4v) is 3.55. The SMILES string of the molecule is COC(=O)C(O)(CO)[Si](C)(C)C(C)(C)C. The Morgan fingerprint density at radius 3 is 1.93 bits per heavy atom. The van der Waals surface area contributed by atoms with Crippen molar-refractivity contribution in [3.63, 3.8) is 0 Å². The number of aliphatic hydroxyl groups excluding tert-OH is 1. The van der Waals surface area contributed by atoms with Crippen LogP contribution < -0.4 is 0 Å². The maximum Gasteiger partial charge on any atom is 0.336 e. The van der Waals surface area contributed by atoms with Crippen molar-refractivity contribution in [2.45, 2.75) is 44.1 Å². The van der Waals surface area contributed by atoms with Gasteiger partial charge in [0.2, 0.25) is 0 Å². The highest BCUT2D eigenvalue weighted by molar-refractivity contribution is 6.85. The van der Waals surface area contributed by atoms with Crippen LogP contribution in [0, 0.1) is 0 Å². The second-order valence-corrected chi connectivity index (χ2v) is 11.0. The number of carbonyl (C=O) groups is 1. The van der Waals surface area contributed by atoms with Gasteiger partial charge in [-0.3, -0.25) is 0 Å². The van der Waals surface area contributed by atoms with E-state index < -0.39 is 25.9 Å². The third kappa shape index (κ3) is 2.24. The van der Waals surface area contributed by atoms with Gasteiger partial charge in [-0.1, -0.05) is 33.9 Å². The summed E-state index contributed by atoms with van der Waals surface area (Å²) in [5.41, 5.74) is 0. The first-order chi connectivity index (χ1) is 6.54. The van der Waals surface area contributed by atoms with Crippen molar-refractivity contribution in [3.8, 4) is 0 Å². The first-order valence-corrected chi connectivity index (χ1v) is 7.96. The number of rotatable bonds is 3. The molecule has 0 aromatic rings. The van der Waals surface area contributed by atoms with Gasteiger partial charge in [-0.15, -0.1) is 0 Å². The number of hydrogen-bond donors (Lipinski definition) is 2. The summed E-state index contributed by atoms with van der Waals surface area (Å²) < 4.78 is 4.57. The van der Waals surface area contributed by atoms with Gasteiger partial charge in [0, 0.05) is 0 Å². The lowest BCUT2D eigenvalue weighted by Gasteiger charge is -2.46. The monoisotopic (exact) mass is 234 g/mol. The van der Waals surface area contributed by atoms with Crippen LogP contribution in [0.3, 0.4) is 0 Å². The molecule has 0 aliphatic heterocycles. The maximum absolute atomic E-state index is 11.6. The van der Waals surface area contributed by atoms with Gasteiger partial charge in [0.05, 0.1) is 13.7 Å². The van der Waals surface area contributed by atoms with Gasteiger partial charge in [-0.2, -0.15) is 0 Å². The Balaban J connectivity index is 5.38. The molecule has 0 heterocycles. The molecule has 2 N–H and O–H groups in total. The standard InChI is InChI=1S/C10H22O4Si/c1-9(2,3)15(5,6)10(13,7-11)8(12)14-4/h11,13H,7H2,1-6H3. The van der Waals surface area contributed by atoms with Crippen LogP contribution in [0.4, 0.5) is 0 Å². The molecule has 1 unspecified atom stereocenters. The lowest BCUT2D eigenvalue weighted by atomic mass is 10.2. The zero-order valence-electron chi connectivity index (χ0n) is 10.4. The number of hydrogen-bond acceptors (Lipinski definition) is 4. The molecular formula is C10H22O4Si. The molecule has 0 aliphatic carbocycles. The van der Waals surface area contributed by atoms with Crippen LogP contribution in [0.5, 0.6) is 0 Å². The van der Waals surface area contributed by atoms with Gasteiger partial charge in [0.15, 0.2) is 5.22 Å². The molecule has 15 heavy (non-hydrogen) atoms. The van der Waals surface area contributed by atoms with Crippen LogP contribution >= 0.6 is 0 Å². The van der Waals surface area contributed by atoms with E-state index in [4.69, 9.17) is 0 Å². The van der Waals surface area contributed by atoms with Crippen molar-refractivity contribution in [2.24, 2.45) is 0 Å². The summed E-state index contributed by atoms with van der Waals surface area (Å²) in [7, 11) is -1.19. The fraction of sp³-hybridized carbons (Fsp3) is 0.900. The zero-order valence-corrected chi connectivity index (χ0v) is 11.4. The van der Waals surface area contributed by atoms with Crippen molar-refractivity contribution < 1.29 is 19.7 Å². The molecule has 90 valence electrons. The van der Waals surface area contributed by atoms with Gasteiger partial charge in [-0.05, 0) is 5.04 Å². The number of carbonyl (C=O) groups excluding carboxylic acids is 1. The average Bonchev–Trinajstić information content (AvgIpc) is 2.13. The number of aliphatic hydroxyl groups is 2. The summed E-state index contributed by atoms with van der Waals surface area (Å²) in [6, 6.07) is 0. The van der Waals surface area contributed by atoms with E-state index in [2.05, 4.69) is 4.74 Å². The number of methoxy groups -OCH3 is 1. The van der Waals surface area contributed by atoms with Crippen LogP contribution in [-0.2, 0) is 9.53 Å². The second kappa shape index (κ2) is 4.23. The molecule has 0 rings (SSSR count). The molecule has 0 spiro atoms. The largest absolute Gasteiger partial charge is 0.467 e. The van der Waals surface area contributed by atoms with Crippen LogP contribution in [0.15, 0.2) is 0 Å². The molecule has 4 nitrogen and oxygen atoms in total. The first-order valence-electron chi connectivity index (χ1n) is 4.96. The van der Waals surface area contributed by atoms with E-state index in [1.165, 1.54) is 7.11 Å². The Hall–Kier alpha value is -0.393. The molecule has 1 atom stereocenters. The van der Waals surface area contributed by atoms with E-state index in [9.17, 15) is 15.0 Å². The van der Waals surface area contributed by atoms with Crippen LogP contribution in [0.25, 0.3) is 0 Å². The summed E-state index contributed by atoms with van der Waals surface area (Å²) in [6.45, 7) is 9.05. The van der Waals surface area contributed by atoms with Crippen molar-refractivity contribution in [1.29, 1.82) is 0 Å².